The van der Waals surface area contributed by atoms with E-state index >= 15 is 0 Å². The molecule has 0 fully saturated rings. The summed E-state index contributed by atoms with van der Waals surface area (Å²) in [5.74, 6) is -0.909. The summed E-state index contributed by atoms with van der Waals surface area (Å²) in [5, 5.41) is 0. The van der Waals surface area contributed by atoms with E-state index in [0.717, 1.165) is 77.0 Å². The van der Waals surface area contributed by atoms with E-state index in [2.05, 4.69) is 69.4 Å². The number of esters is 3. The molecule has 6 heteroatoms. The van der Waals surface area contributed by atoms with Crippen molar-refractivity contribution >= 4 is 17.9 Å². The van der Waals surface area contributed by atoms with Crippen LogP contribution in [0.4, 0.5) is 0 Å². The summed E-state index contributed by atoms with van der Waals surface area (Å²) in [7, 11) is 0. The maximum Gasteiger partial charge on any atom is 0.306 e. The Morgan fingerprint density at radius 1 is 0.292 bits per heavy atom. The smallest absolute Gasteiger partial charge is 0.306 e. The molecule has 6 nitrogen and oxygen atoms in total. The van der Waals surface area contributed by atoms with Crippen LogP contribution in [0.15, 0.2) is 48.6 Å². The first kappa shape index (κ1) is 69.4. The van der Waals surface area contributed by atoms with Crippen LogP contribution in [0.5, 0.6) is 0 Å². The molecule has 1 atom stereocenters. The van der Waals surface area contributed by atoms with Gasteiger partial charge in [0.2, 0.25) is 0 Å². The zero-order chi connectivity index (χ0) is 52.2. The van der Waals surface area contributed by atoms with E-state index in [-0.39, 0.29) is 37.5 Å². The lowest BCUT2D eigenvalue weighted by Crippen LogP contribution is -2.30. The van der Waals surface area contributed by atoms with E-state index in [4.69, 9.17) is 14.2 Å². The lowest BCUT2D eigenvalue weighted by Gasteiger charge is -2.18. The van der Waals surface area contributed by atoms with Crippen molar-refractivity contribution in [1.82, 2.24) is 0 Å². The number of ether oxygens (including phenoxy) is 3. The molecule has 1 unspecified atom stereocenters. The van der Waals surface area contributed by atoms with Gasteiger partial charge in [0.05, 0.1) is 0 Å². The highest BCUT2D eigenvalue weighted by molar-refractivity contribution is 5.71. The van der Waals surface area contributed by atoms with Gasteiger partial charge in [-0.2, -0.15) is 0 Å². The SMILES string of the molecule is CC/C=C\C/C=C\C/C=C\C/C=C\CCCCC(=O)OC(COC(=O)CCCCCCCCCCCCCC)COC(=O)CCCCCCCCCCCCCCCCCCCCCCCCCCCCC. The topological polar surface area (TPSA) is 78.9 Å². The molecule has 0 N–H and O–H groups in total. The van der Waals surface area contributed by atoms with Crippen molar-refractivity contribution in [2.24, 2.45) is 0 Å². The van der Waals surface area contributed by atoms with Gasteiger partial charge in [0.1, 0.15) is 13.2 Å². The van der Waals surface area contributed by atoms with Crippen molar-refractivity contribution in [3.63, 3.8) is 0 Å². The largest absolute Gasteiger partial charge is 0.462 e. The third-order valence-electron chi connectivity index (χ3n) is 14.1. The molecule has 0 aliphatic heterocycles. The Morgan fingerprint density at radius 2 is 0.542 bits per heavy atom. The van der Waals surface area contributed by atoms with Gasteiger partial charge in [-0.05, 0) is 57.8 Å². The predicted molar refractivity (Wildman–Crippen MR) is 312 cm³/mol. The molecule has 0 aromatic heterocycles. The van der Waals surface area contributed by atoms with E-state index in [0.29, 0.717) is 19.3 Å². The zero-order valence-electron chi connectivity index (χ0n) is 48.2. The molecule has 0 aromatic carbocycles. The molecule has 0 aliphatic rings. The fraction of sp³-hybridized carbons (Fsp3) is 0.833. The van der Waals surface area contributed by atoms with Gasteiger partial charge in [0, 0.05) is 19.3 Å². The van der Waals surface area contributed by atoms with Crippen molar-refractivity contribution in [2.45, 2.75) is 341 Å². The average Bonchev–Trinajstić information content (AvgIpc) is 3.38. The van der Waals surface area contributed by atoms with Gasteiger partial charge in [-0.1, -0.05) is 307 Å². The molecule has 0 rings (SSSR count). The third-order valence-corrected chi connectivity index (χ3v) is 14.1. The van der Waals surface area contributed by atoms with Crippen molar-refractivity contribution in [3.05, 3.63) is 48.6 Å². The van der Waals surface area contributed by atoms with Crippen LogP contribution in [0.1, 0.15) is 335 Å². The number of allylic oxidation sites excluding steroid dienone is 8. The van der Waals surface area contributed by atoms with Crippen LogP contribution in [-0.2, 0) is 28.6 Å². The molecular formula is C66H120O6. The van der Waals surface area contributed by atoms with Crippen molar-refractivity contribution in [3.8, 4) is 0 Å². The first-order valence-corrected chi connectivity index (χ1v) is 31.6. The second-order valence-corrected chi connectivity index (χ2v) is 21.3. The monoisotopic (exact) mass is 1010 g/mol. The lowest BCUT2D eigenvalue weighted by molar-refractivity contribution is -0.167. The van der Waals surface area contributed by atoms with Gasteiger partial charge in [0.25, 0.3) is 0 Å². The average molecular weight is 1010 g/mol. The summed E-state index contributed by atoms with van der Waals surface area (Å²) in [4.78, 5) is 38.2. The molecule has 0 amide bonds. The van der Waals surface area contributed by atoms with Crippen molar-refractivity contribution in [1.29, 1.82) is 0 Å². The summed E-state index contributed by atoms with van der Waals surface area (Å²) in [6, 6.07) is 0. The van der Waals surface area contributed by atoms with E-state index in [1.807, 2.05) is 0 Å². The number of carbonyl (C=O) groups excluding carboxylic acids is 3. The Kier molecular flexibility index (Phi) is 58.7. The van der Waals surface area contributed by atoms with Gasteiger partial charge in [-0.25, -0.2) is 0 Å². The molecule has 0 saturated carbocycles. The van der Waals surface area contributed by atoms with Crippen molar-refractivity contribution < 1.29 is 28.6 Å². The Hall–Kier alpha value is -2.63. The first-order valence-electron chi connectivity index (χ1n) is 31.6. The number of hydrogen-bond acceptors (Lipinski definition) is 6. The van der Waals surface area contributed by atoms with Crippen LogP contribution in [0, 0.1) is 0 Å². The highest BCUT2D eigenvalue weighted by Crippen LogP contribution is 2.18. The summed E-state index contributed by atoms with van der Waals surface area (Å²) in [5.41, 5.74) is 0. The van der Waals surface area contributed by atoms with E-state index in [9.17, 15) is 14.4 Å². The Balaban J connectivity index is 4.20. The van der Waals surface area contributed by atoms with E-state index in [1.165, 1.54) is 212 Å². The second kappa shape index (κ2) is 60.9. The molecule has 0 bridgehead atoms. The molecule has 0 radical (unpaired) electrons. The maximum atomic E-state index is 12.8. The fourth-order valence-electron chi connectivity index (χ4n) is 9.38. The first-order chi connectivity index (χ1) is 35.5. The predicted octanol–water partition coefficient (Wildman–Crippen LogP) is 21.4. The highest BCUT2D eigenvalue weighted by atomic mass is 16.6. The summed E-state index contributed by atoms with van der Waals surface area (Å²) < 4.78 is 16.9. The summed E-state index contributed by atoms with van der Waals surface area (Å²) >= 11 is 0. The van der Waals surface area contributed by atoms with Gasteiger partial charge in [-0.3, -0.25) is 14.4 Å². The van der Waals surface area contributed by atoms with Crippen molar-refractivity contribution in [2.75, 3.05) is 13.2 Å². The van der Waals surface area contributed by atoms with Crippen LogP contribution in [-0.4, -0.2) is 37.2 Å². The standard InChI is InChI=1S/C66H120O6/c1-4-7-10-13-16-19-22-25-27-28-29-30-31-32-33-34-35-36-37-38-40-41-44-47-50-53-56-59-65(68)71-62-63(61-70-64(67)58-55-52-49-46-43-24-21-18-15-12-9-6-3)72-66(69)60-57-54-51-48-45-42-39-26-23-20-17-14-11-8-5-2/h8,11,17,20,26,39,45,48,63H,4-7,9-10,12-16,18-19,21-25,27-38,40-44,46-47,49-62H2,1-3H3/b11-8-,20-17-,39-26-,48-45-. The Bertz CT molecular complexity index is 1250. The van der Waals surface area contributed by atoms with Gasteiger partial charge in [-0.15, -0.1) is 0 Å². The number of hydrogen-bond donors (Lipinski definition) is 0. The van der Waals surface area contributed by atoms with Crippen LogP contribution in [0.25, 0.3) is 0 Å². The molecular weight excluding hydrogens is 889 g/mol. The number of rotatable bonds is 58. The van der Waals surface area contributed by atoms with Crippen LogP contribution in [0.2, 0.25) is 0 Å². The quantitative estimate of drug-likeness (QED) is 0.0261. The van der Waals surface area contributed by atoms with Gasteiger partial charge >= 0.3 is 17.9 Å². The van der Waals surface area contributed by atoms with E-state index < -0.39 is 6.10 Å². The van der Waals surface area contributed by atoms with Gasteiger partial charge in [0.15, 0.2) is 6.10 Å². The molecule has 0 aliphatic carbocycles. The number of carbonyl (C=O) groups is 3. The molecule has 420 valence electrons. The zero-order valence-corrected chi connectivity index (χ0v) is 48.2. The Labute approximate surface area is 448 Å². The van der Waals surface area contributed by atoms with Crippen LogP contribution in [0.3, 0.4) is 0 Å². The van der Waals surface area contributed by atoms with Gasteiger partial charge < -0.3 is 14.2 Å². The summed E-state index contributed by atoms with van der Waals surface area (Å²) in [6.45, 7) is 6.54. The molecule has 0 spiro atoms. The highest BCUT2D eigenvalue weighted by Gasteiger charge is 2.19. The fourth-order valence-corrected chi connectivity index (χ4v) is 9.38. The molecule has 72 heavy (non-hydrogen) atoms. The Morgan fingerprint density at radius 3 is 0.847 bits per heavy atom. The molecule has 0 saturated heterocycles. The normalized spacial score (nSPS) is 12.3. The second-order valence-electron chi connectivity index (χ2n) is 21.3. The maximum absolute atomic E-state index is 12.8. The number of unbranched alkanes of at least 4 members (excludes halogenated alkanes) is 39. The summed E-state index contributed by atoms with van der Waals surface area (Å²) in [6.07, 6.45) is 75.7. The van der Waals surface area contributed by atoms with E-state index in [1.54, 1.807) is 0 Å². The minimum atomic E-state index is -0.791. The lowest BCUT2D eigenvalue weighted by atomic mass is 10.0. The molecule has 0 heterocycles. The third kappa shape index (κ3) is 58.3. The minimum absolute atomic E-state index is 0.0854. The van der Waals surface area contributed by atoms with Crippen LogP contribution < -0.4 is 0 Å². The van der Waals surface area contributed by atoms with Crippen LogP contribution >= 0.6 is 0 Å². The molecule has 0 aromatic rings. The minimum Gasteiger partial charge on any atom is -0.462 e.